The largest absolute Gasteiger partial charge is 0.300 e. The molecule has 0 saturated heterocycles. The van der Waals surface area contributed by atoms with Crippen LogP contribution in [0.25, 0.3) is 0 Å². The summed E-state index contributed by atoms with van der Waals surface area (Å²) in [5.74, 6) is 0.737. The molecule has 0 aromatic heterocycles. The SMILES string of the molecule is CCCCCNC(C=O)(CC1CCC1)N(C)C. The summed E-state index contributed by atoms with van der Waals surface area (Å²) >= 11 is 0. The maximum Gasteiger partial charge on any atom is 0.154 e. The molecule has 3 nitrogen and oxygen atoms in total. The Morgan fingerprint density at radius 1 is 1.35 bits per heavy atom. The zero-order chi connectivity index (χ0) is 12.7. The summed E-state index contributed by atoms with van der Waals surface area (Å²) in [6.45, 7) is 3.14. The second-order valence-corrected chi connectivity index (χ2v) is 5.57. The molecular weight excluding hydrogens is 212 g/mol. The topological polar surface area (TPSA) is 32.3 Å². The van der Waals surface area contributed by atoms with Gasteiger partial charge >= 0.3 is 0 Å². The molecule has 17 heavy (non-hydrogen) atoms. The summed E-state index contributed by atoms with van der Waals surface area (Å²) in [5, 5.41) is 3.47. The Hall–Kier alpha value is -0.410. The molecule has 3 heteroatoms. The average molecular weight is 240 g/mol. The second-order valence-electron chi connectivity index (χ2n) is 5.57. The number of carbonyl (C=O) groups is 1. The third-order valence-electron chi connectivity index (χ3n) is 4.03. The van der Waals surface area contributed by atoms with Crippen LogP contribution in [0.2, 0.25) is 0 Å². The van der Waals surface area contributed by atoms with Gasteiger partial charge in [-0.05, 0) is 39.4 Å². The Kier molecular flexibility index (Phi) is 6.14. The number of hydrogen-bond donors (Lipinski definition) is 1. The molecule has 0 spiro atoms. The van der Waals surface area contributed by atoms with Gasteiger partial charge in [0.2, 0.25) is 0 Å². The van der Waals surface area contributed by atoms with Crippen LogP contribution in [-0.4, -0.2) is 37.5 Å². The average Bonchev–Trinajstić information content (AvgIpc) is 2.26. The van der Waals surface area contributed by atoms with E-state index in [0.717, 1.165) is 31.6 Å². The van der Waals surface area contributed by atoms with E-state index < -0.39 is 5.66 Å². The predicted molar refractivity (Wildman–Crippen MR) is 72.0 cm³/mol. The van der Waals surface area contributed by atoms with Crippen LogP contribution in [0.5, 0.6) is 0 Å². The summed E-state index contributed by atoms with van der Waals surface area (Å²) < 4.78 is 0. The van der Waals surface area contributed by atoms with E-state index in [4.69, 9.17) is 0 Å². The zero-order valence-corrected chi connectivity index (χ0v) is 11.7. The number of nitrogens with one attached hydrogen (secondary N) is 1. The number of likely N-dealkylation sites (N-methyl/N-ethyl adjacent to an activating group) is 1. The molecule has 1 N–H and O–H groups in total. The van der Waals surface area contributed by atoms with E-state index in [0.29, 0.717) is 0 Å². The molecule has 0 aromatic rings. The smallest absolute Gasteiger partial charge is 0.154 e. The maximum atomic E-state index is 11.5. The normalized spacial score (nSPS) is 20.0. The van der Waals surface area contributed by atoms with Gasteiger partial charge in [0.05, 0.1) is 0 Å². The van der Waals surface area contributed by atoms with Crippen molar-refractivity contribution in [1.82, 2.24) is 10.2 Å². The Morgan fingerprint density at radius 3 is 2.47 bits per heavy atom. The lowest BCUT2D eigenvalue weighted by Crippen LogP contribution is -2.59. The van der Waals surface area contributed by atoms with Crippen LogP contribution >= 0.6 is 0 Å². The number of rotatable bonds is 9. The number of nitrogens with zero attached hydrogens (tertiary/aromatic N) is 1. The molecule has 1 unspecified atom stereocenters. The van der Waals surface area contributed by atoms with E-state index in [9.17, 15) is 4.79 Å². The third kappa shape index (κ3) is 4.07. The molecular formula is C14H28N2O. The minimum Gasteiger partial charge on any atom is -0.300 e. The molecule has 0 radical (unpaired) electrons. The first-order valence-corrected chi connectivity index (χ1v) is 7.03. The van der Waals surface area contributed by atoms with E-state index in [1.165, 1.54) is 32.1 Å². The Morgan fingerprint density at radius 2 is 2.06 bits per heavy atom. The van der Waals surface area contributed by atoms with E-state index in [2.05, 4.69) is 12.2 Å². The van der Waals surface area contributed by atoms with Crippen LogP contribution in [0, 0.1) is 5.92 Å². The van der Waals surface area contributed by atoms with Crippen LogP contribution < -0.4 is 5.32 Å². The molecule has 1 fully saturated rings. The molecule has 1 atom stereocenters. The molecule has 0 aromatic carbocycles. The van der Waals surface area contributed by atoms with Crippen molar-refractivity contribution in [3.8, 4) is 0 Å². The first-order valence-electron chi connectivity index (χ1n) is 7.03. The van der Waals surface area contributed by atoms with Crippen molar-refractivity contribution in [2.75, 3.05) is 20.6 Å². The van der Waals surface area contributed by atoms with Gasteiger partial charge in [-0.15, -0.1) is 0 Å². The van der Waals surface area contributed by atoms with Gasteiger partial charge in [-0.1, -0.05) is 39.0 Å². The van der Waals surface area contributed by atoms with Crippen molar-refractivity contribution in [3.05, 3.63) is 0 Å². The number of hydrogen-bond acceptors (Lipinski definition) is 3. The van der Waals surface area contributed by atoms with Crippen molar-refractivity contribution in [1.29, 1.82) is 0 Å². The fraction of sp³-hybridized carbons (Fsp3) is 0.929. The monoisotopic (exact) mass is 240 g/mol. The van der Waals surface area contributed by atoms with E-state index >= 15 is 0 Å². The lowest BCUT2D eigenvalue weighted by Gasteiger charge is -2.41. The Balaban J connectivity index is 2.47. The van der Waals surface area contributed by atoms with Crippen LogP contribution in [0.1, 0.15) is 51.9 Å². The molecule has 0 aliphatic heterocycles. The van der Waals surface area contributed by atoms with Gasteiger partial charge in [0.1, 0.15) is 5.66 Å². The van der Waals surface area contributed by atoms with Crippen LogP contribution in [0.3, 0.4) is 0 Å². The number of carbonyl (C=O) groups excluding carboxylic acids is 1. The minimum absolute atomic E-state index is 0.432. The summed E-state index contributed by atoms with van der Waals surface area (Å²) in [4.78, 5) is 13.5. The third-order valence-corrected chi connectivity index (χ3v) is 4.03. The first kappa shape index (κ1) is 14.7. The lowest BCUT2D eigenvalue weighted by atomic mass is 9.78. The molecule has 100 valence electrons. The summed E-state index contributed by atoms with van der Waals surface area (Å²) in [5.41, 5.74) is -0.432. The van der Waals surface area contributed by atoms with Crippen molar-refractivity contribution in [3.63, 3.8) is 0 Å². The van der Waals surface area contributed by atoms with Gasteiger partial charge in [0.15, 0.2) is 6.29 Å². The summed E-state index contributed by atoms with van der Waals surface area (Å²) in [6.07, 6.45) is 9.61. The highest BCUT2D eigenvalue weighted by molar-refractivity contribution is 5.63. The van der Waals surface area contributed by atoms with Crippen molar-refractivity contribution in [2.45, 2.75) is 57.5 Å². The minimum atomic E-state index is -0.432. The summed E-state index contributed by atoms with van der Waals surface area (Å²) in [7, 11) is 4.00. The molecule has 1 aliphatic carbocycles. The van der Waals surface area contributed by atoms with Gasteiger partial charge < -0.3 is 0 Å². The Bertz CT molecular complexity index is 226. The van der Waals surface area contributed by atoms with Gasteiger partial charge in [-0.3, -0.25) is 15.0 Å². The van der Waals surface area contributed by atoms with Crippen LogP contribution in [0.4, 0.5) is 0 Å². The summed E-state index contributed by atoms with van der Waals surface area (Å²) in [6, 6.07) is 0. The second kappa shape index (κ2) is 7.12. The zero-order valence-electron chi connectivity index (χ0n) is 11.7. The van der Waals surface area contributed by atoms with Crippen molar-refractivity contribution in [2.24, 2.45) is 5.92 Å². The number of unbranched alkanes of at least 4 members (excludes halogenated alkanes) is 2. The molecule has 0 bridgehead atoms. The van der Waals surface area contributed by atoms with E-state index in [1.54, 1.807) is 0 Å². The standard InChI is InChI=1S/C14H28N2O/c1-4-5-6-10-15-14(12-17,16(2)3)11-13-8-7-9-13/h12-13,15H,4-11H2,1-3H3. The first-order chi connectivity index (χ1) is 8.14. The van der Waals surface area contributed by atoms with E-state index in [-0.39, 0.29) is 0 Å². The molecule has 0 amide bonds. The van der Waals surface area contributed by atoms with Crippen molar-refractivity contribution >= 4 is 6.29 Å². The number of aldehydes is 1. The van der Waals surface area contributed by atoms with Crippen LogP contribution in [0.15, 0.2) is 0 Å². The highest BCUT2D eigenvalue weighted by Gasteiger charge is 2.36. The quantitative estimate of drug-likeness (QED) is 0.381. The predicted octanol–water partition coefficient (Wildman–Crippen LogP) is 2.41. The Labute approximate surface area is 106 Å². The lowest BCUT2D eigenvalue weighted by molar-refractivity contribution is -0.121. The van der Waals surface area contributed by atoms with Crippen LogP contribution in [-0.2, 0) is 4.79 Å². The van der Waals surface area contributed by atoms with Gasteiger partial charge in [0.25, 0.3) is 0 Å². The fourth-order valence-corrected chi connectivity index (χ4v) is 2.42. The van der Waals surface area contributed by atoms with Gasteiger partial charge in [-0.2, -0.15) is 0 Å². The molecule has 0 heterocycles. The van der Waals surface area contributed by atoms with Gasteiger partial charge in [-0.25, -0.2) is 0 Å². The van der Waals surface area contributed by atoms with E-state index in [1.807, 2.05) is 19.0 Å². The highest BCUT2D eigenvalue weighted by atomic mass is 16.1. The fourth-order valence-electron chi connectivity index (χ4n) is 2.42. The molecule has 1 saturated carbocycles. The molecule has 1 rings (SSSR count). The van der Waals surface area contributed by atoms with Gasteiger partial charge in [0, 0.05) is 0 Å². The maximum absolute atomic E-state index is 11.5. The van der Waals surface area contributed by atoms with Crippen molar-refractivity contribution < 1.29 is 4.79 Å². The highest BCUT2D eigenvalue weighted by Crippen LogP contribution is 2.33. The molecule has 1 aliphatic rings.